The first-order chi connectivity index (χ1) is 12.5. The van der Waals surface area contributed by atoms with Gasteiger partial charge in [0.15, 0.2) is 11.5 Å². The average Bonchev–Trinajstić information content (AvgIpc) is 3.07. The number of anilines is 1. The fraction of sp³-hybridized carbons (Fsp3) is 0.318. The van der Waals surface area contributed by atoms with Crippen LogP contribution in [0.15, 0.2) is 47.5 Å². The molecule has 4 nitrogen and oxygen atoms in total. The fourth-order valence-electron chi connectivity index (χ4n) is 3.87. The van der Waals surface area contributed by atoms with Crippen molar-refractivity contribution in [1.29, 1.82) is 0 Å². The molecule has 2 aromatic carbocycles. The number of ether oxygens (including phenoxy) is 2. The first kappa shape index (κ1) is 16.7. The highest BCUT2D eigenvalue weighted by molar-refractivity contribution is 5.88. The van der Waals surface area contributed by atoms with Gasteiger partial charge in [-0.2, -0.15) is 0 Å². The van der Waals surface area contributed by atoms with E-state index in [1.54, 1.807) is 0 Å². The number of rotatable bonds is 3. The second-order valence-corrected chi connectivity index (χ2v) is 7.30. The van der Waals surface area contributed by atoms with Gasteiger partial charge in [0.05, 0.1) is 11.2 Å². The molecule has 26 heavy (non-hydrogen) atoms. The first-order valence-electron chi connectivity index (χ1n) is 9.03. The maximum atomic E-state index is 5.41. The molecule has 0 radical (unpaired) electrons. The zero-order valence-electron chi connectivity index (χ0n) is 15.7. The van der Waals surface area contributed by atoms with Crippen molar-refractivity contribution in [3.63, 3.8) is 0 Å². The van der Waals surface area contributed by atoms with Crippen LogP contribution in [0.4, 0.5) is 11.4 Å². The molecule has 0 unspecified atom stereocenters. The van der Waals surface area contributed by atoms with E-state index >= 15 is 0 Å². The normalized spacial score (nSPS) is 17.4. The molecule has 0 bridgehead atoms. The van der Waals surface area contributed by atoms with E-state index in [1.165, 1.54) is 16.8 Å². The summed E-state index contributed by atoms with van der Waals surface area (Å²) in [4.78, 5) is 7.04. The van der Waals surface area contributed by atoms with Crippen molar-refractivity contribution in [2.75, 3.05) is 18.2 Å². The van der Waals surface area contributed by atoms with Crippen molar-refractivity contribution in [3.8, 4) is 11.5 Å². The number of allylic oxidation sites excluding steroid dienone is 1. The summed E-state index contributed by atoms with van der Waals surface area (Å²) >= 11 is 0. The minimum absolute atomic E-state index is 0.0356. The van der Waals surface area contributed by atoms with Crippen LogP contribution in [-0.2, 0) is 0 Å². The van der Waals surface area contributed by atoms with Gasteiger partial charge in [0.2, 0.25) is 6.79 Å². The SMILES string of the molecule is CCN1c2ccc(C=Nc3ccc4c(c3)OCO4)cc2C(C)=CC1(C)C. The van der Waals surface area contributed by atoms with Gasteiger partial charge in [-0.3, -0.25) is 4.99 Å². The minimum atomic E-state index is 0.0356. The van der Waals surface area contributed by atoms with Crippen molar-refractivity contribution in [3.05, 3.63) is 53.6 Å². The van der Waals surface area contributed by atoms with Crippen LogP contribution in [0.1, 0.15) is 38.8 Å². The molecule has 0 aliphatic carbocycles. The highest BCUT2D eigenvalue weighted by atomic mass is 16.7. The molecular formula is C22H24N2O2. The van der Waals surface area contributed by atoms with E-state index in [-0.39, 0.29) is 12.3 Å². The third kappa shape index (κ3) is 2.85. The Morgan fingerprint density at radius 3 is 2.73 bits per heavy atom. The van der Waals surface area contributed by atoms with Gasteiger partial charge in [-0.1, -0.05) is 12.1 Å². The van der Waals surface area contributed by atoms with Gasteiger partial charge in [0.1, 0.15) is 0 Å². The summed E-state index contributed by atoms with van der Waals surface area (Å²) in [5.74, 6) is 1.53. The van der Waals surface area contributed by atoms with Crippen molar-refractivity contribution in [2.45, 2.75) is 33.2 Å². The van der Waals surface area contributed by atoms with Gasteiger partial charge in [-0.05, 0) is 63.1 Å². The molecule has 0 saturated carbocycles. The van der Waals surface area contributed by atoms with E-state index < -0.39 is 0 Å². The predicted octanol–water partition coefficient (Wildman–Crippen LogP) is 5.19. The van der Waals surface area contributed by atoms with E-state index in [0.29, 0.717) is 0 Å². The number of likely N-dealkylation sites (N-methyl/N-ethyl adjacent to an activating group) is 1. The first-order valence-corrected chi connectivity index (χ1v) is 9.03. The summed E-state index contributed by atoms with van der Waals surface area (Å²) in [5, 5.41) is 0. The van der Waals surface area contributed by atoms with Crippen LogP contribution in [0.5, 0.6) is 11.5 Å². The molecule has 0 fully saturated rings. The Balaban J connectivity index is 1.64. The molecule has 0 aromatic heterocycles. The van der Waals surface area contributed by atoms with Gasteiger partial charge in [-0.15, -0.1) is 0 Å². The van der Waals surface area contributed by atoms with Crippen LogP contribution in [0, 0.1) is 0 Å². The zero-order valence-corrected chi connectivity index (χ0v) is 15.7. The Hall–Kier alpha value is -2.75. The highest BCUT2D eigenvalue weighted by Gasteiger charge is 2.29. The van der Waals surface area contributed by atoms with E-state index in [2.05, 4.69) is 61.9 Å². The van der Waals surface area contributed by atoms with Gasteiger partial charge >= 0.3 is 0 Å². The molecule has 4 heteroatoms. The lowest BCUT2D eigenvalue weighted by Crippen LogP contribution is -2.44. The molecule has 2 heterocycles. The van der Waals surface area contributed by atoms with E-state index in [1.807, 2.05) is 24.4 Å². The van der Waals surface area contributed by atoms with Gasteiger partial charge in [0, 0.05) is 30.1 Å². The third-order valence-electron chi connectivity index (χ3n) is 5.04. The maximum Gasteiger partial charge on any atom is 0.231 e. The van der Waals surface area contributed by atoms with Crippen LogP contribution < -0.4 is 14.4 Å². The number of nitrogens with zero attached hydrogens (tertiary/aromatic N) is 2. The summed E-state index contributed by atoms with van der Waals surface area (Å²) in [6, 6.07) is 12.3. The standard InChI is InChI=1S/C22H24N2O2/c1-5-24-19-8-6-16(10-18(19)15(2)12-22(24,3)4)13-23-17-7-9-20-21(11-17)26-14-25-20/h6-13H,5,14H2,1-4H3. The number of hydrogen-bond acceptors (Lipinski definition) is 4. The Morgan fingerprint density at radius 2 is 1.92 bits per heavy atom. The average molecular weight is 348 g/mol. The topological polar surface area (TPSA) is 34.1 Å². The van der Waals surface area contributed by atoms with Gasteiger partial charge in [-0.25, -0.2) is 0 Å². The van der Waals surface area contributed by atoms with E-state index in [4.69, 9.17) is 9.47 Å². The summed E-state index contributed by atoms with van der Waals surface area (Å²) in [7, 11) is 0. The lowest BCUT2D eigenvalue weighted by atomic mass is 9.88. The largest absolute Gasteiger partial charge is 0.454 e. The van der Waals surface area contributed by atoms with Crippen LogP contribution in [0.3, 0.4) is 0 Å². The van der Waals surface area contributed by atoms with E-state index in [0.717, 1.165) is 29.3 Å². The Morgan fingerprint density at radius 1 is 1.12 bits per heavy atom. The van der Waals surface area contributed by atoms with E-state index in [9.17, 15) is 0 Å². The predicted molar refractivity (Wildman–Crippen MR) is 107 cm³/mol. The van der Waals surface area contributed by atoms with Crippen LogP contribution in [0.2, 0.25) is 0 Å². The van der Waals surface area contributed by atoms with Crippen molar-refractivity contribution < 1.29 is 9.47 Å². The third-order valence-corrected chi connectivity index (χ3v) is 5.04. The van der Waals surface area contributed by atoms with Crippen molar-refractivity contribution >= 4 is 23.2 Å². The highest BCUT2D eigenvalue weighted by Crippen LogP contribution is 2.39. The summed E-state index contributed by atoms with van der Waals surface area (Å²) in [5.41, 5.74) is 5.86. The van der Waals surface area contributed by atoms with Crippen molar-refractivity contribution in [2.24, 2.45) is 4.99 Å². The summed E-state index contributed by atoms with van der Waals surface area (Å²) in [6.45, 7) is 10.2. The Kier molecular flexibility index (Phi) is 3.98. The number of fused-ring (bicyclic) bond motifs is 2. The molecule has 4 rings (SSSR count). The molecule has 0 spiro atoms. The molecule has 134 valence electrons. The molecule has 0 N–H and O–H groups in total. The number of benzene rings is 2. The maximum absolute atomic E-state index is 5.41. The molecule has 0 atom stereocenters. The molecule has 0 saturated heterocycles. The molecule has 2 aliphatic rings. The second-order valence-electron chi connectivity index (χ2n) is 7.30. The Bertz CT molecular complexity index is 912. The molecule has 2 aliphatic heterocycles. The molecular weight excluding hydrogens is 324 g/mol. The smallest absolute Gasteiger partial charge is 0.231 e. The van der Waals surface area contributed by atoms with Crippen LogP contribution in [0.25, 0.3) is 5.57 Å². The minimum Gasteiger partial charge on any atom is -0.454 e. The lowest BCUT2D eigenvalue weighted by molar-refractivity contribution is 0.174. The molecule has 0 amide bonds. The number of hydrogen-bond donors (Lipinski definition) is 0. The lowest BCUT2D eigenvalue weighted by Gasteiger charge is -2.42. The van der Waals surface area contributed by atoms with Gasteiger partial charge in [0.25, 0.3) is 0 Å². The quantitative estimate of drug-likeness (QED) is 0.716. The van der Waals surface area contributed by atoms with Crippen molar-refractivity contribution in [1.82, 2.24) is 0 Å². The summed E-state index contributed by atoms with van der Waals surface area (Å²) < 4.78 is 10.8. The zero-order chi connectivity index (χ0) is 18.3. The van der Waals surface area contributed by atoms with Crippen LogP contribution in [-0.4, -0.2) is 25.1 Å². The Labute approximate surface area is 154 Å². The van der Waals surface area contributed by atoms with Gasteiger partial charge < -0.3 is 14.4 Å². The summed E-state index contributed by atoms with van der Waals surface area (Å²) in [6.07, 6.45) is 4.25. The van der Waals surface area contributed by atoms with Crippen LogP contribution >= 0.6 is 0 Å². The second kappa shape index (κ2) is 6.20. The monoisotopic (exact) mass is 348 g/mol. The number of aliphatic imine (C=N–C) groups is 1. The fourth-order valence-corrected chi connectivity index (χ4v) is 3.87. The molecule has 2 aromatic rings.